The van der Waals surface area contributed by atoms with E-state index in [4.69, 9.17) is 9.84 Å². The zero-order valence-corrected chi connectivity index (χ0v) is 16.4. The Morgan fingerprint density at radius 1 is 1.10 bits per heavy atom. The van der Waals surface area contributed by atoms with E-state index in [-0.39, 0.29) is 24.5 Å². The molecular weight excluding hydrogens is 370 g/mol. The number of hydrogen-bond acceptors (Lipinski definition) is 5. The standard InChI is InChI=1S/C23H25NO5/c1-2-3-12-24-20(17-10-7-11-18(15-17)29-14-13-25)19(22(27)23(24)28)21(26)16-8-5-4-6-9-16/h4-11,15,20,25-26H,2-3,12-14H2,1H3/b21-19-. The number of ketones is 1. The van der Waals surface area contributed by atoms with Crippen LogP contribution in [0.4, 0.5) is 0 Å². The van der Waals surface area contributed by atoms with Crippen LogP contribution in [0.2, 0.25) is 0 Å². The summed E-state index contributed by atoms with van der Waals surface area (Å²) >= 11 is 0. The molecule has 0 radical (unpaired) electrons. The topological polar surface area (TPSA) is 87.1 Å². The molecule has 2 aromatic carbocycles. The fraction of sp³-hybridized carbons (Fsp3) is 0.304. The number of aliphatic hydroxyl groups excluding tert-OH is 2. The molecule has 1 atom stereocenters. The highest BCUT2D eigenvalue weighted by atomic mass is 16.5. The van der Waals surface area contributed by atoms with Crippen LogP contribution in [0.3, 0.4) is 0 Å². The summed E-state index contributed by atoms with van der Waals surface area (Å²) in [5.74, 6) is -0.955. The molecular formula is C23H25NO5. The van der Waals surface area contributed by atoms with Crippen molar-refractivity contribution in [3.8, 4) is 5.75 Å². The van der Waals surface area contributed by atoms with Crippen LogP contribution in [0.25, 0.3) is 5.76 Å². The van der Waals surface area contributed by atoms with Crippen molar-refractivity contribution in [2.24, 2.45) is 0 Å². The Morgan fingerprint density at radius 2 is 1.86 bits per heavy atom. The minimum absolute atomic E-state index is 0.0802. The zero-order chi connectivity index (χ0) is 20.8. The summed E-state index contributed by atoms with van der Waals surface area (Å²) in [6, 6.07) is 15.1. The van der Waals surface area contributed by atoms with Crippen LogP contribution >= 0.6 is 0 Å². The smallest absolute Gasteiger partial charge is 0.295 e. The van der Waals surface area contributed by atoms with Gasteiger partial charge in [-0.2, -0.15) is 0 Å². The molecule has 1 aliphatic rings. The number of nitrogens with zero attached hydrogens (tertiary/aromatic N) is 1. The van der Waals surface area contributed by atoms with E-state index in [0.29, 0.717) is 23.4 Å². The van der Waals surface area contributed by atoms with Gasteiger partial charge in [0.2, 0.25) is 0 Å². The second kappa shape index (κ2) is 9.39. The summed E-state index contributed by atoms with van der Waals surface area (Å²) in [5, 5.41) is 19.9. The summed E-state index contributed by atoms with van der Waals surface area (Å²) in [6.45, 7) is 2.45. The lowest BCUT2D eigenvalue weighted by molar-refractivity contribution is -0.139. The molecule has 6 heteroatoms. The van der Waals surface area contributed by atoms with Crippen molar-refractivity contribution in [2.45, 2.75) is 25.8 Å². The minimum Gasteiger partial charge on any atom is -0.507 e. The zero-order valence-electron chi connectivity index (χ0n) is 16.4. The molecule has 0 aromatic heterocycles. The number of amides is 1. The fourth-order valence-corrected chi connectivity index (χ4v) is 3.48. The van der Waals surface area contributed by atoms with E-state index in [1.54, 1.807) is 48.5 Å². The van der Waals surface area contributed by atoms with E-state index in [1.165, 1.54) is 4.90 Å². The van der Waals surface area contributed by atoms with Gasteiger partial charge in [-0.1, -0.05) is 55.8 Å². The van der Waals surface area contributed by atoms with Crippen molar-refractivity contribution in [3.63, 3.8) is 0 Å². The van der Waals surface area contributed by atoms with Gasteiger partial charge in [0, 0.05) is 12.1 Å². The van der Waals surface area contributed by atoms with E-state index in [1.807, 2.05) is 13.0 Å². The quantitative estimate of drug-likeness (QED) is 0.407. The molecule has 6 nitrogen and oxygen atoms in total. The summed E-state index contributed by atoms with van der Waals surface area (Å²) in [4.78, 5) is 27.1. The predicted octanol–water partition coefficient (Wildman–Crippen LogP) is 3.28. The highest BCUT2D eigenvalue weighted by Gasteiger charge is 2.45. The molecule has 1 aliphatic heterocycles. The van der Waals surface area contributed by atoms with Crippen LogP contribution in [-0.4, -0.2) is 46.6 Å². The van der Waals surface area contributed by atoms with Crippen LogP contribution in [0, 0.1) is 0 Å². The lowest BCUT2D eigenvalue weighted by Crippen LogP contribution is -2.30. The first-order valence-corrected chi connectivity index (χ1v) is 9.76. The summed E-state index contributed by atoms with van der Waals surface area (Å²) in [6.07, 6.45) is 1.61. The number of hydrogen-bond donors (Lipinski definition) is 2. The van der Waals surface area contributed by atoms with Crippen LogP contribution in [0.5, 0.6) is 5.75 Å². The average molecular weight is 395 g/mol. The number of likely N-dealkylation sites (tertiary alicyclic amines) is 1. The molecule has 1 saturated heterocycles. The molecule has 0 bridgehead atoms. The fourth-order valence-electron chi connectivity index (χ4n) is 3.48. The number of aliphatic hydroxyl groups is 2. The molecule has 0 spiro atoms. The molecule has 1 heterocycles. The van der Waals surface area contributed by atoms with Crippen LogP contribution in [-0.2, 0) is 9.59 Å². The molecule has 29 heavy (non-hydrogen) atoms. The normalized spacial score (nSPS) is 18.3. The number of rotatable bonds is 8. The second-order valence-corrected chi connectivity index (χ2v) is 6.86. The Bertz CT molecular complexity index is 906. The summed E-state index contributed by atoms with van der Waals surface area (Å²) in [5.41, 5.74) is 1.24. The van der Waals surface area contributed by atoms with Crippen molar-refractivity contribution in [1.29, 1.82) is 0 Å². The molecule has 152 valence electrons. The number of ether oxygens (including phenoxy) is 1. The highest BCUT2D eigenvalue weighted by Crippen LogP contribution is 2.40. The van der Waals surface area contributed by atoms with Gasteiger partial charge < -0.3 is 19.8 Å². The molecule has 1 amide bonds. The lowest BCUT2D eigenvalue weighted by atomic mass is 9.95. The molecule has 3 rings (SSSR count). The van der Waals surface area contributed by atoms with Gasteiger partial charge in [-0.15, -0.1) is 0 Å². The van der Waals surface area contributed by atoms with Gasteiger partial charge in [0.05, 0.1) is 18.2 Å². The van der Waals surface area contributed by atoms with E-state index in [2.05, 4.69) is 0 Å². The number of carbonyl (C=O) groups is 2. The lowest BCUT2D eigenvalue weighted by Gasteiger charge is -2.25. The minimum atomic E-state index is -0.695. The maximum Gasteiger partial charge on any atom is 0.295 e. The second-order valence-electron chi connectivity index (χ2n) is 6.86. The first kappa shape index (κ1) is 20.6. The van der Waals surface area contributed by atoms with Crippen molar-refractivity contribution in [1.82, 2.24) is 4.90 Å². The van der Waals surface area contributed by atoms with E-state index in [0.717, 1.165) is 12.8 Å². The first-order valence-electron chi connectivity index (χ1n) is 9.76. The number of unbranched alkanes of at least 4 members (excludes halogenated alkanes) is 1. The maximum absolute atomic E-state index is 12.9. The third-order valence-corrected chi connectivity index (χ3v) is 4.87. The Balaban J connectivity index is 2.11. The van der Waals surface area contributed by atoms with Gasteiger partial charge in [-0.05, 0) is 24.1 Å². The van der Waals surface area contributed by atoms with Gasteiger partial charge in [0.15, 0.2) is 0 Å². The van der Waals surface area contributed by atoms with Gasteiger partial charge in [0.25, 0.3) is 11.7 Å². The van der Waals surface area contributed by atoms with Crippen molar-refractivity contribution in [3.05, 3.63) is 71.3 Å². The molecule has 0 saturated carbocycles. The molecule has 1 unspecified atom stereocenters. The SMILES string of the molecule is CCCCN1C(=O)C(=O)/C(=C(\O)c2ccccc2)C1c1cccc(OCCO)c1. The highest BCUT2D eigenvalue weighted by molar-refractivity contribution is 6.46. The average Bonchev–Trinajstić information content (AvgIpc) is 3.01. The third-order valence-electron chi connectivity index (χ3n) is 4.87. The number of Topliss-reactive ketones (excluding diaryl/α,β-unsaturated/α-hetero) is 1. The monoisotopic (exact) mass is 395 g/mol. The van der Waals surface area contributed by atoms with Gasteiger partial charge in [0.1, 0.15) is 18.1 Å². The number of carbonyl (C=O) groups excluding carboxylic acids is 2. The Kier molecular flexibility index (Phi) is 6.67. The van der Waals surface area contributed by atoms with Crippen molar-refractivity contribution in [2.75, 3.05) is 19.8 Å². The maximum atomic E-state index is 12.9. The molecule has 0 aliphatic carbocycles. The molecule has 1 fully saturated rings. The Labute approximate surface area is 170 Å². The van der Waals surface area contributed by atoms with Gasteiger partial charge >= 0.3 is 0 Å². The predicted molar refractivity (Wildman–Crippen MR) is 109 cm³/mol. The van der Waals surface area contributed by atoms with Crippen LogP contribution in [0.1, 0.15) is 36.9 Å². The van der Waals surface area contributed by atoms with Crippen molar-refractivity contribution < 1.29 is 24.5 Å². The van der Waals surface area contributed by atoms with E-state index in [9.17, 15) is 14.7 Å². The van der Waals surface area contributed by atoms with Gasteiger partial charge in [-0.3, -0.25) is 9.59 Å². The first-order chi connectivity index (χ1) is 14.1. The molecule has 2 aromatic rings. The summed E-state index contributed by atoms with van der Waals surface area (Å²) in [7, 11) is 0. The van der Waals surface area contributed by atoms with Gasteiger partial charge in [-0.25, -0.2) is 0 Å². The Hall–Kier alpha value is -3.12. The Morgan fingerprint density at radius 3 is 2.55 bits per heavy atom. The van der Waals surface area contributed by atoms with E-state index < -0.39 is 17.7 Å². The number of benzene rings is 2. The third kappa shape index (κ3) is 4.32. The van der Waals surface area contributed by atoms with Crippen LogP contribution in [0.15, 0.2) is 60.2 Å². The summed E-state index contributed by atoms with van der Waals surface area (Å²) < 4.78 is 5.49. The van der Waals surface area contributed by atoms with E-state index >= 15 is 0 Å². The molecule has 2 N–H and O–H groups in total. The van der Waals surface area contributed by atoms with Crippen LogP contribution < -0.4 is 4.74 Å². The largest absolute Gasteiger partial charge is 0.507 e. The van der Waals surface area contributed by atoms with Crippen molar-refractivity contribution >= 4 is 17.4 Å².